The summed E-state index contributed by atoms with van der Waals surface area (Å²) >= 11 is 3.19. The van der Waals surface area contributed by atoms with E-state index in [1.165, 1.54) is 12.1 Å². The zero-order chi connectivity index (χ0) is 13.1. The molecule has 18 heavy (non-hydrogen) atoms. The molecule has 92 valence electrons. The summed E-state index contributed by atoms with van der Waals surface area (Å²) in [5, 5.41) is 22.2. The average Bonchev–Trinajstić information content (AvgIpc) is 3.09. The second kappa shape index (κ2) is 3.31. The Morgan fingerprint density at radius 3 is 2.72 bits per heavy atom. The minimum atomic E-state index is -2.09. The van der Waals surface area contributed by atoms with Gasteiger partial charge in [-0.2, -0.15) is 5.26 Å². The van der Waals surface area contributed by atoms with Gasteiger partial charge in [0.05, 0.1) is 22.7 Å². The second-order valence-corrected chi connectivity index (χ2v) is 5.49. The highest BCUT2D eigenvalue weighted by Crippen LogP contribution is 2.62. The zero-order valence-electron chi connectivity index (χ0n) is 9.13. The van der Waals surface area contributed by atoms with E-state index >= 15 is 0 Å². The van der Waals surface area contributed by atoms with Gasteiger partial charge in [0, 0.05) is 4.47 Å². The van der Waals surface area contributed by atoms with Crippen molar-refractivity contribution in [1.82, 2.24) is 0 Å². The summed E-state index contributed by atoms with van der Waals surface area (Å²) in [7, 11) is 0. The summed E-state index contributed by atoms with van der Waals surface area (Å²) in [6.45, 7) is 0. The Morgan fingerprint density at radius 2 is 2.17 bits per heavy atom. The molecule has 0 aromatic heterocycles. The smallest absolute Gasteiger partial charge is 0.262 e. The van der Waals surface area contributed by atoms with E-state index in [9.17, 15) is 14.3 Å². The van der Waals surface area contributed by atoms with Crippen LogP contribution in [0.3, 0.4) is 0 Å². The summed E-state index contributed by atoms with van der Waals surface area (Å²) < 4.78 is 14.4. The van der Waals surface area contributed by atoms with Gasteiger partial charge in [0.2, 0.25) is 0 Å². The Bertz CT molecular complexity index is 621. The van der Waals surface area contributed by atoms with Crippen LogP contribution >= 0.6 is 15.9 Å². The van der Waals surface area contributed by atoms with E-state index in [-0.39, 0.29) is 11.3 Å². The van der Waals surface area contributed by atoms with Gasteiger partial charge in [0.25, 0.3) is 5.91 Å². The third-order valence-corrected chi connectivity index (χ3v) is 4.35. The number of aliphatic hydroxyl groups is 1. The Morgan fingerprint density at radius 1 is 1.50 bits per heavy atom. The van der Waals surface area contributed by atoms with E-state index in [1.807, 2.05) is 6.07 Å². The van der Waals surface area contributed by atoms with Crippen molar-refractivity contribution >= 4 is 27.5 Å². The molecule has 1 aromatic carbocycles. The summed E-state index contributed by atoms with van der Waals surface area (Å²) in [4.78, 5) is 12.0. The first-order chi connectivity index (χ1) is 8.46. The first kappa shape index (κ1) is 11.6. The number of nitrogens with one attached hydrogen (secondary N) is 1. The van der Waals surface area contributed by atoms with Crippen LogP contribution in [0.25, 0.3) is 0 Å². The average molecular weight is 311 g/mol. The van der Waals surface area contributed by atoms with Gasteiger partial charge in [-0.3, -0.25) is 4.79 Å². The number of anilines is 1. The van der Waals surface area contributed by atoms with Crippen LogP contribution in [0.2, 0.25) is 0 Å². The highest BCUT2D eigenvalue weighted by molar-refractivity contribution is 9.10. The van der Waals surface area contributed by atoms with E-state index < -0.39 is 22.7 Å². The van der Waals surface area contributed by atoms with Crippen molar-refractivity contribution < 1.29 is 14.3 Å². The molecule has 2 aliphatic rings. The van der Waals surface area contributed by atoms with Crippen molar-refractivity contribution in [2.45, 2.75) is 18.4 Å². The maximum absolute atomic E-state index is 14.0. The molecular formula is C12H8BrFN2O2. The van der Waals surface area contributed by atoms with Crippen molar-refractivity contribution in [2.75, 3.05) is 5.32 Å². The molecule has 1 saturated carbocycles. The fourth-order valence-corrected chi connectivity index (χ4v) is 2.91. The highest BCUT2D eigenvalue weighted by atomic mass is 79.9. The van der Waals surface area contributed by atoms with Crippen LogP contribution in [0.5, 0.6) is 0 Å². The van der Waals surface area contributed by atoms with E-state index in [2.05, 4.69) is 21.2 Å². The number of amides is 1. The van der Waals surface area contributed by atoms with Crippen molar-refractivity contribution in [3.8, 4) is 6.07 Å². The number of carbonyl (C=O) groups excluding carboxylic acids is 1. The lowest BCUT2D eigenvalue weighted by atomic mass is 9.80. The minimum absolute atomic E-state index is 0.124. The third kappa shape index (κ3) is 1.13. The molecule has 1 aliphatic heterocycles. The second-order valence-electron chi connectivity index (χ2n) is 4.64. The number of hydrogen-bond acceptors (Lipinski definition) is 3. The standard InChI is InChI=1S/C12H8BrFN2O2/c13-6-1-2-7(14)8-9(6)16-10(17)12(8,18)11(5-15)3-4-11/h1-2,18H,3-4H2,(H,16,17). The number of benzene rings is 1. The van der Waals surface area contributed by atoms with Gasteiger partial charge in [-0.1, -0.05) is 0 Å². The fraction of sp³-hybridized carbons (Fsp3) is 0.333. The number of nitrogens with zero attached hydrogens (tertiary/aromatic N) is 1. The van der Waals surface area contributed by atoms with Crippen LogP contribution < -0.4 is 5.32 Å². The normalized spacial score (nSPS) is 27.3. The van der Waals surface area contributed by atoms with Crippen LogP contribution in [0.1, 0.15) is 18.4 Å². The van der Waals surface area contributed by atoms with Gasteiger partial charge in [0.1, 0.15) is 5.82 Å². The molecule has 0 spiro atoms. The monoisotopic (exact) mass is 310 g/mol. The minimum Gasteiger partial charge on any atom is -0.374 e. The van der Waals surface area contributed by atoms with Crippen molar-refractivity contribution in [3.05, 3.63) is 28.0 Å². The molecular weight excluding hydrogens is 303 g/mol. The Hall–Kier alpha value is -1.45. The van der Waals surface area contributed by atoms with E-state index in [1.54, 1.807) is 0 Å². The molecule has 0 saturated heterocycles. The summed E-state index contributed by atoms with van der Waals surface area (Å²) in [6, 6.07) is 4.58. The number of hydrogen-bond donors (Lipinski definition) is 2. The quantitative estimate of drug-likeness (QED) is 0.833. The van der Waals surface area contributed by atoms with Gasteiger partial charge in [-0.05, 0) is 40.9 Å². The van der Waals surface area contributed by atoms with E-state index in [4.69, 9.17) is 5.26 Å². The molecule has 6 heteroatoms. The van der Waals surface area contributed by atoms with Crippen LogP contribution in [-0.4, -0.2) is 11.0 Å². The highest BCUT2D eigenvalue weighted by Gasteiger charge is 2.68. The molecule has 1 aromatic rings. The molecule has 3 rings (SSSR count). The van der Waals surface area contributed by atoms with Crippen molar-refractivity contribution in [2.24, 2.45) is 5.41 Å². The maximum atomic E-state index is 14.0. The maximum Gasteiger partial charge on any atom is 0.262 e. The zero-order valence-corrected chi connectivity index (χ0v) is 10.7. The predicted octanol–water partition coefficient (Wildman–Crippen LogP) is 2.03. The van der Waals surface area contributed by atoms with E-state index in [0.717, 1.165) is 0 Å². The molecule has 1 amide bonds. The van der Waals surface area contributed by atoms with Crippen LogP contribution in [-0.2, 0) is 10.4 Å². The lowest BCUT2D eigenvalue weighted by Crippen LogP contribution is -2.43. The summed E-state index contributed by atoms with van der Waals surface area (Å²) in [6.07, 6.45) is 0.775. The van der Waals surface area contributed by atoms with Gasteiger partial charge in [-0.15, -0.1) is 0 Å². The molecule has 1 fully saturated rings. The largest absolute Gasteiger partial charge is 0.374 e. The Balaban J connectivity index is 2.31. The molecule has 1 aliphatic carbocycles. The first-order valence-corrected chi connectivity index (χ1v) is 6.19. The molecule has 1 unspecified atom stereocenters. The number of rotatable bonds is 1. The van der Waals surface area contributed by atoms with E-state index in [0.29, 0.717) is 17.3 Å². The summed E-state index contributed by atoms with van der Waals surface area (Å²) in [5.74, 6) is -1.42. The Kier molecular flexibility index (Phi) is 2.14. The molecule has 0 bridgehead atoms. The number of carbonyl (C=O) groups is 1. The van der Waals surface area contributed by atoms with Crippen LogP contribution in [0.15, 0.2) is 16.6 Å². The van der Waals surface area contributed by atoms with Crippen molar-refractivity contribution in [3.63, 3.8) is 0 Å². The van der Waals surface area contributed by atoms with Crippen LogP contribution in [0, 0.1) is 22.6 Å². The predicted molar refractivity (Wildman–Crippen MR) is 63.9 cm³/mol. The molecule has 0 radical (unpaired) electrons. The number of nitriles is 1. The molecule has 1 atom stereocenters. The topological polar surface area (TPSA) is 73.1 Å². The number of halogens is 2. The van der Waals surface area contributed by atoms with Gasteiger partial charge < -0.3 is 10.4 Å². The molecule has 2 N–H and O–H groups in total. The lowest BCUT2D eigenvalue weighted by molar-refractivity contribution is -0.139. The SMILES string of the molecule is N#CC1(C2(O)C(=O)Nc3c(Br)ccc(F)c32)CC1. The number of fused-ring (bicyclic) bond motifs is 1. The molecule has 4 nitrogen and oxygen atoms in total. The van der Waals surface area contributed by atoms with Crippen molar-refractivity contribution in [1.29, 1.82) is 5.26 Å². The lowest BCUT2D eigenvalue weighted by Gasteiger charge is -2.26. The fourth-order valence-electron chi connectivity index (χ4n) is 2.48. The van der Waals surface area contributed by atoms with Gasteiger partial charge in [0.15, 0.2) is 5.60 Å². The Labute approximate surface area is 111 Å². The first-order valence-electron chi connectivity index (χ1n) is 5.40. The molecule has 1 heterocycles. The third-order valence-electron chi connectivity index (χ3n) is 3.69. The van der Waals surface area contributed by atoms with Crippen LogP contribution in [0.4, 0.5) is 10.1 Å². The van der Waals surface area contributed by atoms with Gasteiger partial charge in [-0.25, -0.2) is 4.39 Å². The van der Waals surface area contributed by atoms with Gasteiger partial charge >= 0.3 is 0 Å². The summed E-state index contributed by atoms with van der Waals surface area (Å²) in [5.41, 5.74) is -3.21.